The number of H-pyrrole nitrogens is 1. The summed E-state index contributed by atoms with van der Waals surface area (Å²) in [6.07, 6.45) is 2.45. The Morgan fingerprint density at radius 3 is 1.63 bits per heavy atom. The number of imidazole rings is 1. The molecule has 41 heteroatoms. The number of nitrogens with zero attached hydrogens (tertiary/aromatic N) is 5. The SMILES string of the molecule is CC(C)C[C@@H]1NC(=O)[C@H](CC(=O)O)NC(=O)CNC(=O)[C@H](CCCN=C(N)N)NC(=O)[C@H](Cc2cnc[nH]2)NC(=O)CNC(=O)C(NC(=O)[C@@H](N)CCCN=C(N)N)C2(CCCC2)SSC[C@@H](C(=O)N[C@@H](CCCN=C(N)N)C(=O)O)NC(=O)[C@H](CCCN=C(N)N)NC1=O. The molecule has 0 aromatic carbocycles. The fourth-order valence-corrected chi connectivity index (χ4v) is 13.3. The molecule has 39 nitrogen and oxygen atoms in total. The number of aromatic nitrogens is 2. The molecule has 1 spiro atoms. The van der Waals surface area contributed by atoms with Gasteiger partial charge in [-0.05, 0) is 76.5 Å². The van der Waals surface area contributed by atoms with Crippen molar-refractivity contribution >= 4 is 116 Å². The molecular weight excluding hydrogens is 1290 g/mol. The molecule has 3 rings (SSSR count). The van der Waals surface area contributed by atoms with Gasteiger partial charge >= 0.3 is 11.9 Å². The zero-order chi connectivity index (χ0) is 70.8. The van der Waals surface area contributed by atoms with Crippen LogP contribution in [-0.2, 0) is 64.0 Å². The number of carbonyl (C=O) groups excluding carboxylic acids is 10. The Balaban J connectivity index is 2.29. The molecule has 2 heterocycles. The van der Waals surface area contributed by atoms with Crippen molar-refractivity contribution in [1.82, 2.24) is 63.1 Å². The second-order valence-electron chi connectivity index (χ2n) is 22.8. The third kappa shape index (κ3) is 30.5. The van der Waals surface area contributed by atoms with Gasteiger partial charge in [0.15, 0.2) is 23.8 Å². The fraction of sp³-hybridized carbons (Fsp3) is 0.648. The van der Waals surface area contributed by atoms with E-state index in [1.165, 1.54) is 12.5 Å². The summed E-state index contributed by atoms with van der Waals surface area (Å²) < 4.78 is -1.28. The van der Waals surface area contributed by atoms with Gasteiger partial charge in [0.05, 0.1) is 36.6 Å². The zero-order valence-corrected chi connectivity index (χ0v) is 54.7. The number of aromatic amines is 1. The number of aliphatic carboxylic acids is 2. The molecule has 10 amide bonds. The molecule has 1 aromatic rings. The highest BCUT2D eigenvalue weighted by Crippen LogP contribution is 2.50. The summed E-state index contributed by atoms with van der Waals surface area (Å²) >= 11 is 0. The summed E-state index contributed by atoms with van der Waals surface area (Å²) in [5.41, 5.74) is 50.7. The number of guanidine groups is 4. The summed E-state index contributed by atoms with van der Waals surface area (Å²) in [7, 11) is 1.98. The van der Waals surface area contributed by atoms with Crippen LogP contribution < -0.4 is 105 Å². The van der Waals surface area contributed by atoms with E-state index in [0.717, 1.165) is 21.6 Å². The van der Waals surface area contributed by atoms with Gasteiger partial charge in [-0.1, -0.05) is 48.3 Å². The first-order valence-electron chi connectivity index (χ1n) is 30.6. The Morgan fingerprint density at radius 2 is 1.12 bits per heavy atom. The molecule has 1 aliphatic heterocycles. The topological polar surface area (TPSA) is 678 Å². The van der Waals surface area contributed by atoms with Crippen molar-refractivity contribution in [1.29, 1.82) is 0 Å². The molecule has 1 saturated heterocycles. The monoisotopic (exact) mass is 1380 g/mol. The van der Waals surface area contributed by atoms with Crippen molar-refractivity contribution in [2.75, 3.05) is 45.0 Å². The maximum absolute atomic E-state index is 14.8. The van der Waals surface area contributed by atoms with Crippen LogP contribution in [0.25, 0.3) is 0 Å². The summed E-state index contributed by atoms with van der Waals surface area (Å²) in [5.74, 6) is -14.8. The number of amides is 10. The van der Waals surface area contributed by atoms with Gasteiger partial charge in [-0.2, -0.15) is 0 Å². The molecule has 1 saturated carbocycles. The van der Waals surface area contributed by atoms with Crippen LogP contribution in [0.4, 0.5) is 0 Å². The number of hydrogen-bond acceptors (Lipinski definition) is 20. The summed E-state index contributed by atoms with van der Waals surface area (Å²) in [4.78, 5) is 190. The van der Waals surface area contributed by atoms with E-state index in [-0.39, 0.29) is 133 Å². The second kappa shape index (κ2) is 41.3. The molecule has 9 atom stereocenters. The van der Waals surface area contributed by atoms with Gasteiger partial charge in [-0.15, -0.1) is 0 Å². The quantitative estimate of drug-likeness (QED) is 0.0168. The summed E-state index contributed by atoms with van der Waals surface area (Å²) in [6, 6.07) is -14.0. The summed E-state index contributed by atoms with van der Waals surface area (Å²) in [5, 5.41) is 45.3. The molecular formula is C54H93N25O14S2. The van der Waals surface area contributed by atoms with Crippen LogP contribution in [0.5, 0.6) is 0 Å². The lowest BCUT2D eigenvalue weighted by molar-refractivity contribution is -0.142. The molecule has 1 aliphatic carbocycles. The van der Waals surface area contributed by atoms with Crippen molar-refractivity contribution in [3.05, 3.63) is 18.2 Å². The number of carboxylic acids is 2. The Morgan fingerprint density at radius 1 is 0.632 bits per heavy atom. The Bertz CT molecular complexity index is 2900. The third-order valence-electron chi connectivity index (χ3n) is 14.5. The molecule has 2 aliphatic rings. The van der Waals surface area contributed by atoms with E-state index in [1.54, 1.807) is 13.8 Å². The Labute approximate surface area is 555 Å². The van der Waals surface area contributed by atoms with Gasteiger partial charge in [0.25, 0.3) is 0 Å². The van der Waals surface area contributed by atoms with E-state index in [2.05, 4.69) is 83.1 Å². The number of hydrogen-bond donors (Lipinski definition) is 22. The van der Waals surface area contributed by atoms with Gasteiger partial charge in [-0.25, -0.2) is 9.78 Å². The van der Waals surface area contributed by atoms with E-state index in [4.69, 9.17) is 51.6 Å². The Kier molecular flexibility index (Phi) is 34.7. The lowest BCUT2D eigenvalue weighted by atomic mass is 9.95. The predicted molar refractivity (Wildman–Crippen MR) is 352 cm³/mol. The first-order valence-corrected chi connectivity index (χ1v) is 32.9. The number of aliphatic imine (C=N–C) groups is 4. The van der Waals surface area contributed by atoms with Gasteiger partial charge in [0.2, 0.25) is 59.1 Å². The van der Waals surface area contributed by atoms with Crippen LogP contribution >= 0.6 is 21.6 Å². The van der Waals surface area contributed by atoms with Gasteiger partial charge in [-0.3, -0.25) is 72.7 Å². The highest BCUT2D eigenvalue weighted by atomic mass is 33.1. The van der Waals surface area contributed by atoms with Crippen LogP contribution in [0.1, 0.15) is 109 Å². The van der Waals surface area contributed by atoms with E-state index < -0.39 is 155 Å². The fourth-order valence-electron chi connectivity index (χ4n) is 9.76. The average molecular weight is 1380 g/mol. The smallest absolute Gasteiger partial charge is 0.326 e. The number of nitrogens with one attached hydrogen (secondary N) is 11. The first kappa shape index (κ1) is 79.8. The van der Waals surface area contributed by atoms with Crippen LogP contribution in [-0.4, -0.2) is 219 Å². The van der Waals surface area contributed by atoms with Crippen molar-refractivity contribution in [2.24, 2.45) is 77.5 Å². The third-order valence-corrected chi connectivity index (χ3v) is 17.8. The maximum Gasteiger partial charge on any atom is 0.326 e. The maximum atomic E-state index is 14.8. The van der Waals surface area contributed by atoms with E-state index >= 15 is 0 Å². The lowest BCUT2D eigenvalue weighted by Crippen LogP contribution is -2.61. The Hall–Kier alpha value is -9.41. The van der Waals surface area contributed by atoms with Gasteiger partial charge < -0.3 is 120 Å². The average Bonchev–Trinajstić information content (AvgIpc) is 1.73. The molecule has 530 valence electrons. The van der Waals surface area contributed by atoms with E-state index in [9.17, 15) is 67.7 Å². The first-order chi connectivity index (χ1) is 44.9. The van der Waals surface area contributed by atoms with Crippen molar-refractivity contribution < 1.29 is 67.7 Å². The highest BCUT2D eigenvalue weighted by Gasteiger charge is 2.48. The second-order valence-corrected chi connectivity index (χ2v) is 25.6. The molecule has 1 aromatic heterocycles. The van der Waals surface area contributed by atoms with Crippen LogP contribution in [0, 0.1) is 5.92 Å². The van der Waals surface area contributed by atoms with Gasteiger partial charge in [0, 0.05) is 50.2 Å². The van der Waals surface area contributed by atoms with E-state index in [1.807, 2.05) is 0 Å². The molecule has 0 bridgehead atoms. The number of carboxylic acid groups (broad SMARTS) is 2. The predicted octanol–water partition coefficient (Wildman–Crippen LogP) is -8.08. The summed E-state index contributed by atoms with van der Waals surface area (Å²) in [6.45, 7) is 1.61. The largest absolute Gasteiger partial charge is 0.481 e. The van der Waals surface area contributed by atoms with Crippen LogP contribution in [0.2, 0.25) is 0 Å². The number of nitrogens with two attached hydrogens (primary N) is 9. The van der Waals surface area contributed by atoms with Gasteiger partial charge in [0.1, 0.15) is 48.3 Å². The van der Waals surface area contributed by atoms with Crippen molar-refractivity contribution in [3.63, 3.8) is 0 Å². The standard InChI is InChI=1S/C54H93N25O14S2/c1-27(2)19-33-44(87)75-31(11-7-17-67-52(60)61)43(86)78-36(47(90)76-32(49(92)93)12-8-18-68-53(62)63)25-94-95-54(13-3-4-14-54)40(79-41(84)29(55)9-5-15-65-50(56)57)48(91)70-24-38(81)72-34(20-28-22-64-26-71-28)45(88)74-30(10-6-16-66-51(58)59)42(85)69-23-37(80)73-35(21-39(82)83)46(89)77-33/h22,26-27,29-36,40H,3-21,23-25,55H2,1-2H3,(H,64,71)(H,69,85)(H,70,91)(H,72,81)(H,73,80)(H,74,88)(H,75,87)(H,76,90)(H,77,89)(H,78,86)(H,79,84)(H,82,83)(H,92,93)(H4,56,57,65)(H4,58,59,66)(H4,60,61,67)(H4,62,63,68)/t29-,30-,31-,32-,33-,34-,35-,36-,40?/m0/s1. The normalized spacial score (nSPS) is 22.0. The number of carbonyl (C=O) groups is 12. The lowest BCUT2D eigenvalue weighted by Gasteiger charge is -2.37. The van der Waals surface area contributed by atoms with Crippen LogP contribution in [0.15, 0.2) is 32.5 Å². The van der Waals surface area contributed by atoms with Crippen molar-refractivity contribution in [3.8, 4) is 0 Å². The zero-order valence-electron chi connectivity index (χ0n) is 53.0. The minimum absolute atomic E-state index is 0.00913. The molecule has 2 fully saturated rings. The minimum Gasteiger partial charge on any atom is -0.481 e. The minimum atomic E-state index is -1.89. The molecule has 1 unspecified atom stereocenters. The number of rotatable bonds is 27. The molecule has 0 radical (unpaired) electrons. The molecule has 31 N–H and O–H groups in total. The molecule has 95 heavy (non-hydrogen) atoms. The highest BCUT2D eigenvalue weighted by molar-refractivity contribution is 8.77. The van der Waals surface area contributed by atoms with Crippen molar-refractivity contribution in [2.45, 2.75) is 169 Å². The van der Waals surface area contributed by atoms with Crippen LogP contribution in [0.3, 0.4) is 0 Å². The van der Waals surface area contributed by atoms with E-state index in [0.29, 0.717) is 18.5 Å².